The third-order valence-corrected chi connectivity index (χ3v) is 4.43. The molecule has 1 amide bonds. The topological polar surface area (TPSA) is 85.0 Å². The van der Waals surface area contributed by atoms with Gasteiger partial charge in [-0.25, -0.2) is 9.99 Å². The number of carbonyl (C=O) groups is 2. The summed E-state index contributed by atoms with van der Waals surface area (Å²) in [6.45, 7) is 0.168. The second kappa shape index (κ2) is 8.04. The van der Waals surface area contributed by atoms with Crippen LogP contribution in [0.15, 0.2) is 64.1 Å². The first-order valence-corrected chi connectivity index (χ1v) is 9.12. The number of hydrogen-bond donors (Lipinski definition) is 0. The van der Waals surface area contributed by atoms with Gasteiger partial charge in [-0.1, -0.05) is 42.5 Å². The normalized spacial score (nSPS) is 13.6. The van der Waals surface area contributed by atoms with Crippen molar-refractivity contribution in [2.45, 2.75) is 19.3 Å². The SMILES string of the molecule is O=C(CCc1nc2ccccc2o1)OCC(=O)N1CCC(c2ccccc2)=N1. The Kier molecular flexibility index (Phi) is 5.14. The average molecular weight is 377 g/mol. The Labute approximate surface area is 161 Å². The first kappa shape index (κ1) is 17.9. The summed E-state index contributed by atoms with van der Waals surface area (Å²) in [4.78, 5) is 28.5. The minimum absolute atomic E-state index is 0.0959. The fourth-order valence-corrected chi connectivity index (χ4v) is 3.00. The summed E-state index contributed by atoms with van der Waals surface area (Å²) in [5.41, 5.74) is 3.29. The van der Waals surface area contributed by atoms with Gasteiger partial charge in [0.1, 0.15) is 5.52 Å². The Morgan fingerprint density at radius 2 is 1.86 bits per heavy atom. The summed E-state index contributed by atoms with van der Waals surface area (Å²) in [7, 11) is 0. The van der Waals surface area contributed by atoms with Crippen molar-refractivity contribution >= 4 is 28.7 Å². The molecule has 1 aliphatic rings. The van der Waals surface area contributed by atoms with Crippen LogP contribution in [0.2, 0.25) is 0 Å². The van der Waals surface area contributed by atoms with Gasteiger partial charge in [0.25, 0.3) is 5.91 Å². The molecule has 7 heteroatoms. The number of carbonyl (C=O) groups excluding carboxylic acids is 2. The van der Waals surface area contributed by atoms with Crippen molar-refractivity contribution in [1.82, 2.24) is 9.99 Å². The summed E-state index contributed by atoms with van der Waals surface area (Å²) < 4.78 is 10.7. The van der Waals surface area contributed by atoms with Crippen molar-refractivity contribution in [3.63, 3.8) is 0 Å². The van der Waals surface area contributed by atoms with Crippen LogP contribution in [0.4, 0.5) is 0 Å². The van der Waals surface area contributed by atoms with Crippen molar-refractivity contribution in [2.24, 2.45) is 5.10 Å². The molecule has 28 heavy (non-hydrogen) atoms. The van der Waals surface area contributed by atoms with E-state index >= 15 is 0 Å². The van der Waals surface area contributed by atoms with Gasteiger partial charge in [-0.3, -0.25) is 9.59 Å². The number of hydrazone groups is 1. The first-order valence-electron chi connectivity index (χ1n) is 9.12. The maximum atomic E-state index is 12.2. The zero-order valence-corrected chi connectivity index (χ0v) is 15.2. The molecular weight excluding hydrogens is 358 g/mol. The number of benzene rings is 2. The molecule has 0 bridgehead atoms. The van der Waals surface area contributed by atoms with Crippen LogP contribution in [-0.2, 0) is 20.7 Å². The molecule has 0 spiro atoms. The molecule has 2 aromatic carbocycles. The first-order chi connectivity index (χ1) is 13.7. The van der Waals surface area contributed by atoms with Gasteiger partial charge in [-0.05, 0) is 17.7 Å². The second-order valence-corrected chi connectivity index (χ2v) is 6.42. The number of rotatable bonds is 6. The van der Waals surface area contributed by atoms with Gasteiger partial charge < -0.3 is 9.15 Å². The van der Waals surface area contributed by atoms with Crippen LogP contribution >= 0.6 is 0 Å². The molecule has 3 aromatic rings. The van der Waals surface area contributed by atoms with Crippen LogP contribution in [-0.4, -0.2) is 40.7 Å². The molecule has 0 saturated heterocycles. The van der Waals surface area contributed by atoms with E-state index in [-0.39, 0.29) is 18.9 Å². The van der Waals surface area contributed by atoms with Crippen LogP contribution in [0.1, 0.15) is 24.3 Å². The van der Waals surface area contributed by atoms with Crippen molar-refractivity contribution < 1.29 is 18.7 Å². The minimum Gasteiger partial charge on any atom is -0.455 e. The Bertz CT molecular complexity index is 993. The van der Waals surface area contributed by atoms with Gasteiger partial charge >= 0.3 is 5.97 Å². The lowest BCUT2D eigenvalue weighted by atomic mass is 10.1. The van der Waals surface area contributed by atoms with Gasteiger partial charge in [-0.15, -0.1) is 0 Å². The third kappa shape index (κ3) is 4.09. The predicted molar refractivity (Wildman–Crippen MR) is 103 cm³/mol. The van der Waals surface area contributed by atoms with E-state index in [2.05, 4.69) is 10.1 Å². The third-order valence-electron chi connectivity index (χ3n) is 4.43. The number of amides is 1. The number of aromatic nitrogens is 1. The molecule has 0 radical (unpaired) electrons. The fourth-order valence-electron chi connectivity index (χ4n) is 3.00. The zero-order chi connectivity index (χ0) is 19.3. The maximum Gasteiger partial charge on any atom is 0.306 e. The quantitative estimate of drug-likeness (QED) is 0.617. The highest BCUT2D eigenvalue weighted by molar-refractivity contribution is 6.02. The minimum atomic E-state index is -0.470. The Balaban J connectivity index is 1.25. The molecule has 0 aliphatic carbocycles. The van der Waals surface area contributed by atoms with Gasteiger partial charge in [0.15, 0.2) is 18.1 Å². The lowest BCUT2D eigenvalue weighted by molar-refractivity contribution is -0.151. The maximum absolute atomic E-state index is 12.2. The molecule has 1 aliphatic heterocycles. The van der Waals surface area contributed by atoms with Crippen LogP contribution < -0.4 is 0 Å². The summed E-state index contributed by atoms with van der Waals surface area (Å²) >= 11 is 0. The Morgan fingerprint density at radius 1 is 1.07 bits per heavy atom. The number of esters is 1. The summed E-state index contributed by atoms with van der Waals surface area (Å²) in [5.74, 6) is -0.329. The highest BCUT2D eigenvalue weighted by Crippen LogP contribution is 2.16. The number of nitrogens with zero attached hydrogens (tertiary/aromatic N) is 3. The summed E-state index contributed by atoms with van der Waals surface area (Å²) in [6.07, 6.45) is 1.10. The standard InChI is InChI=1S/C21H19N3O4/c25-20(24-13-12-16(23-24)15-6-2-1-3-7-15)14-27-21(26)11-10-19-22-17-8-4-5-9-18(17)28-19/h1-9H,10-14H2. The number of para-hydroxylation sites is 2. The molecule has 1 aromatic heterocycles. The van der Waals surface area contributed by atoms with Crippen LogP contribution in [0.3, 0.4) is 0 Å². The number of aryl methyl sites for hydroxylation is 1. The highest BCUT2D eigenvalue weighted by atomic mass is 16.5. The summed E-state index contributed by atoms with van der Waals surface area (Å²) in [6, 6.07) is 17.1. The highest BCUT2D eigenvalue weighted by Gasteiger charge is 2.22. The molecule has 0 atom stereocenters. The molecule has 0 unspecified atom stereocenters. The van der Waals surface area contributed by atoms with Gasteiger partial charge in [0, 0.05) is 12.8 Å². The van der Waals surface area contributed by atoms with E-state index in [0.717, 1.165) is 16.8 Å². The number of oxazole rings is 1. The van der Waals surface area contributed by atoms with E-state index in [1.807, 2.05) is 54.6 Å². The fraction of sp³-hybridized carbons (Fsp3) is 0.238. The molecular formula is C21H19N3O4. The monoisotopic (exact) mass is 377 g/mol. The number of hydrogen-bond acceptors (Lipinski definition) is 6. The number of fused-ring (bicyclic) bond motifs is 1. The lowest BCUT2D eigenvalue weighted by Gasteiger charge is -2.11. The second-order valence-electron chi connectivity index (χ2n) is 6.42. The van der Waals surface area contributed by atoms with Gasteiger partial charge in [0.2, 0.25) is 0 Å². The largest absolute Gasteiger partial charge is 0.455 e. The molecule has 0 saturated carbocycles. The molecule has 2 heterocycles. The van der Waals surface area contributed by atoms with Crippen LogP contribution in [0.5, 0.6) is 0 Å². The Hall–Kier alpha value is -3.48. The molecule has 142 valence electrons. The summed E-state index contributed by atoms with van der Waals surface area (Å²) in [5, 5.41) is 5.70. The lowest BCUT2D eigenvalue weighted by Crippen LogP contribution is -2.28. The molecule has 7 nitrogen and oxygen atoms in total. The smallest absolute Gasteiger partial charge is 0.306 e. The van der Waals surface area contributed by atoms with Gasteiger partial charge in [0.05, 0.1) is 18.7 Å². The van der Waals surface area contributed by atoms with Crippen molar-refractivity contribution in [3.8, 4) is 0 Å². The molecule has 0 fully saturated rings. The van der Waals surface area contributed by atoms with E-state index in [4.69, 9.17) is 9.15 Å². The molecule has 4 rings (SSSR count). The van der Waals surface area contributed by atoms with E-state index < -0.39 is 5.97 Å². The van der Waals surface area contributed by atoms with Crippen molar-refractivity contribution in [1.29, 1.82) is 0 Å². The van der Waals surface area contributed by atoms with Gasteiger partial charge in [-0.2, -0.15) is 5.10 Å². The van der Waals surface area contributed by atoms with E-state index in [9.17, 15) is 9.59 Å². The zero-order valence-electron chi connectivity index (χ0n) is 15.2. The number of ether oxygens (including phenoxy) is 1. The molecule has 0 N–H and O–H groups in total. The van der Waals surface area contributed by atoms with Crippen LogP contribution in [0.25, 0.3) is 11.1 Å². The van der Waals surface area contributed by atoms with E-state index in [0.29, 0.717) is 30.9 Å². The predicted octanol–water partition coefficient (Wildman–Crippen LogP) is 2.94. The van der Waals surface area contributed by atoms with Crippen LogP contribution in [0, 0.1) is 0 Å². The van der Waals surface area contributed by atoms with Crippen molar-refractivity contribution in [2.75, 3.05) is 13.2 Å². The Morgan fingerprint density at radius 3 is 2.68 bits per heavy atom. The van der Waals surface area contributed by atoms with Crippen molar-refractivity contribution in [3.05, 3.63) is 66.1 Å². The average Bonchev–Trinajstić information content (AvgIpc) is 3.38. The van der Waals surface area contributed by atoms with E-state index in [1.165, 1.54) is 5.01 Å². The van der Waals surface area contributed by atoms with E-state index in [1.54, 1.807) is 0 Å².